The summed E-state index contributed by atoms with van der Waals surface area (Å²) in [7, 11) is 0. The van der Waals surface area contributed by atoms with Crippen molar-refractivity contribution in [3.63, 3.8) is 0 Å². The molecule has 3 aromatic heterocycles. The van der Waals surface area contributed by atoms with Crippen molar-refractivity contribution < 1.29 is 9.13 Å². The van der Waals surface area contributed by atoms with Crippen molar-refractivity contribution in [2.75, 3.05) is 30.3 Å². The van der Waals surface area contributed by atoms with Crippen LogP contribution in [0.4, 0.5) is 16.0 Å². The van der Waals surface area contributed by atoms with Crippen LogP contribution in [-0.4, -0.2) is 44.3 Å². The second kappa shape index (κ2) is 8.59. The zero-order valence-electron chi connectivity index (χ0n) is 16.6. The van der Waals surface area contributed by atoms with Crippen molar-refractivity contribution in [2.24, 2.45) is 0 Å². The molecule has 1 aliphatic rings. The number of pyridine rings is 1. The Bertz CT molecular complexity index is 984. The SMILES string of the molecule is CCCCOc1nc(N)c2ncc(Cc3cnc(N4CCCCC4)c(F)c3)n2n1. The van der Waals surface area contributed by atoms with Crippen LogP contribution in [0.15, 0.2) is 18.5 Å². The van der Waals surface area contributed by atoms with Gasteiger partial charge in [0, 0.05) is 25.7 Å². The summed E-state index contributed by atoms with van der Waals surface area (Å²) < 4.78 is 21.9. The number of nitrogen functional groups attached to an aromatic ring is 1. The van der Waals surface area contributed by atoms with Crippen LogP contribution in [0.2, 0.25) is 0 Å². The molecule has 0 radical (unpaired) electrons. The average Bonchev–Trinajstić information content (AvgIpc) is 3.12. The number of nitrogens with two attached hydrogens (primary N) is 1. The van der Waals surface area contributed by atoms with Crippen molar-refractivity contribution >= 4 is 17.3 Å². The average molecular weight is 399 g/mol. The molecular weight excluding hydrogens is 373 g/mol. The highest BCUT2D eigenvalue weighted by atomic mass is 19.1. The minimum atomic E-state index is -0.295. The van der Waals surface area contributed by atoms with E-state index in [2.05, 4.69) is 27.0 Å². The molecule has 0 aliphatic carbocycles. The maximum atomic E-state index is 14.7. The fraction of sp³-hybridized carbons (Fsp3) is 0.500. The van der Waals surface area contributed by atoms with E-state index in [0.717, 1.165) is 50.0 Å². The highest BCUT2D eigenvalue weighted by Gasteiger charge is 2.18. The van der Waals surface area contributed by atoms with Gasteiger partial charge in [-0.05, 0) is 37.3 Å². The lowest BCUT2D eigenvalue weighted by Gasteiger charge is -2.28. The largest absolute Gasteiger partial charge is 0.462 e. The van der Waals surface area contributed by atoms with Crippen molar-refractivity contribution in [3.8, 4) is 6.01 Å². The Hall–Kier alpha value is -2.97. The highest BCUT2D eigenvalue weighted by Crippen LogP contribution is 2.23. The van der Waals surface area contributed by atoms with Gasteiger partial charge < -0.3 is 15.4 Å². The summed E-state index contributed by atoms with van der Waals surface area (Å²) in [6, 6.07) is 1.76. The molecular formula is C20H26FN7O. The summed E-state index contributed by atoms with van der Waals surface area (Å²) >= 11 is 0. The first-order chi connectivity index (χ1) is 14.2. The molecule has 1 aliphatic heterocycles. The Morgan fingerprint density at radius 2 is 2.00 bits per heavy atom. The molecule has 0 unspecified atom stereocenters. The van der Waals surface area contributed by atoms with Crippen LogP contribution in [0.25, 0.3) is 5.65 Å². The van der Waals surface area contributed by atoms with Gasteiger partial charge in [-0.1, -0.05) is 13.3 Å². The van der Waals surface area contributed by atoms with Gasteiger partial charge in [0.05, 0.1) is 18.5 Å². The van der Waals surface area contributed by atoms with Crippen molar-refractivity contribution in [1.82, 2.24) is 24.6 Å². The molecule has 4 rings (SSSR count). The Labute approximate surface area is 168 Å². The minimum absolute atomic E-state index is 0.215. The number of nitrogens with zero attached hydrogens (tertiary/aromatic N) is 6. The quantitative estimate of drug-likeness (QED) is 0.610. The monoisotopic (exact) mass is 399 g/mol. The van der Waals surface area contributed by atoms with Gasteiger partial charge in [-0.25, -0.2) is 18.9 Å². The Morgan fingerprint density at radius 1 is 1.17 bits per heavy atom. The number of hydrogen-bond acceptors (Lipinski definition) is 7. The van der Waals surface area contributed by atoms with Gasteiger partial charge in [0.25, 0.3) is 0 Å². The number of aromatic nitrogens is 5. The topological polar surface area (TPSA) is 94.5 Å². The van der Waals surface area contributed by atoms with E-state index >= 15 is 0 Å². The Morgan fingerprint density at radius 3 is 2.76 bits per heavy atom. The van der Waals surface area contributed by atoms with E-state index < -0.39 is 0 Å². The maximum absolute atomic E-state index is 14.7. The molecule has 0 aromatic carbocycles. The van der Waals surface area contributed by atoms with Gasteiger partial charge in [-0.3, -0.25) is 0 Å². The van der Waals surface area contributed by atoms with E-state index in [4.69, 9.17) is 10.5 Å². The van der Waals surface area contributed by atoms with E-state index in [1.807, 2.05) is 4.90 Å². The number of anilines is 2. The lowest BCUT2D eigenvalue weighted by molar-refractivity contribution is 0.280. The smallest absolute Gasteiger partial charge is 0.336 e. The highest BCUT2D eigenvalue weighted by molar-refractivity contribution is 5.59. The zero-order valence-corrected chi connectivity index (χ0v) is 16.6. The number of piperidine rings is 1. The van der Waals surface area contributed by atoms with Crippen LogP contribution in [0, 0.1) is 5.82 Å². The fourth-order valence-corrected chi connectivity index (χ4v) is 3.53. The molecule has 154 valence electrons. The number of ether oxygens (including phenoxy) is 1. The fourth-order valence-electron chi connectivity index (χ4n) is 3.53. The molecule has 0 amide bonds. The van der Waals surface area contributed by atoms with Gasteiger partial charge in [0.2, 0.25) is 0 Å². The van der Waals surface area contributed by atoms with Crippen LogP contribution >= 0.6 is 0 Å². The first kappa shape index (κ1) is 19.4. The molecule has 2 N–H and O–H groups in total. The van der Waals surface area contributed by atoms with Crippen LogP contribution < -0.4 is 15.4 Å². The number of rotatable bonds is 7. The van der Waals surface area contributed by atoms with Gasteiger partial charge in [-0.15, -0.1) is 5.10 Å². The number of imidazole rings is 1. The molecule has 1 saturated heterocycles. The Kier molecular flexibility index (Phi) is 5.73. The lowest BCUT2D eigenvalue weighted by Crippen LogP contribution is -2.31. The first-order valence-electron chi connectivity index (χ1n) is 10.2. The maximum Gasteiger partial charge on any atom is 0.336 e. The van der Waals surface area contributed by atoms with Crippen LogP contribution in [0.5, 0.6) is 6.01 Å². The molecule has 3 aromatic rings. The van der Waals surface area contributed by atoms with Gasteiger partial charge in [0.15, 0.2) is 23.1 Å². The molecule has 9 heteroatoms. The van der Waals surface area contributed by atoms with E-state index in [9.17, 15) is 4.39 Å². The number of fused-ring (bicyclic) bond motifs is 1. The summed E-state index contributed by atoms with van der Waals surface area (Å²) in [6.45, 7) is 4.32. The van der Waals surface area contributed by atoms with Gasteiger partial charge in [-0.2, -0.15) is 4.98 Å². The van der Waals surface area contributed by atoms with E-state index in [-0.39, 0.29) is 17.6 Å². The summed E-state index contributed by atoms with van der Waals surface area (Å²) in [5.74, 6) is 0.392. The molecule has 0 atom stereocenters. The van der Waals surface area contributed by atoms with Crippen LogP contribution in [0.1, 0.15) is 50.3 Å². The lowest BCUT2D eigenvalue weighted by atomic mass is 10.1. The molecule has 1 fully saturated rings. The normalized spacial score (nSPS) is 14.5. The number of halogens is 1. The summed E-state index contributed by atoms with van der Waals surface area (Å²) in [5, 5.41) is 4.40. The van der Waals surface area contributed by atoms with E-state index in [1.54, 1.807) is 23.0 Å². The zero-order chi connectivity index (χ0) is 20.2. The molecule has 29 heavy (non-hydrogen) atoms. The predicted octanol–water partition coefficient (Wildman–Crippen LogP) is 3.00. The number of unbranched alkanes of at least 4 members (excludes halogenated alkanes) is 1. The van der Waals surface area contributed by atoms with Crippen molar-refractivity contribution in [3.05, 3.63) is 35.5 Å². The molecule has 8 nitrogen and oxygen atoms in total. The predicted molar refractivity (Wildman–Crippen MR) is 109 cm³/mol. The summed E-state index contributed by atoms with van der Waals surface area (Å²) in [4.78, 5) is 14.9. The number of hydrogen-bond donors (Lipinski definition) is 1. The van der Waals surface area contributed by atoms with E-state index in [1.165, 1.54) is 6.42 Å². The first-order valence-corrected chi connectivity index (χ1v) is 10.2. The third kappa shape index (κ3) is 4.23. The third-order valence-corrected chi connectivity index (χ3v) is 5.09. The molecule has 0 spiro atoms. The van der Waals surface area contributed by atoms with Gasteiger partial charge in [0.1, 0.15) is 0 Å². The summed E-state index contributed by atoms with van der Waals surface area (Å²) in [6.07, 6.45) is 9.09. The second-order valence-electron chi connectivity index (χ2n) is 7.34. The van der Waals surface area contributed by atoms with Crippen molar-refractivity contribution in [1.29, 1.82) is 0 Å². The Balaban J connectivity index is 1.56. The summed E-state index contributed by atoms with van der Waals surface area (Å²) in [5.41, 5.74) is 7.97. The van der Waals surface area contributed by atoms with E-state index in [0.29, 0.717) is 24.5 Å². The molecule has 0 bridgehead atoms. The van der Waals surface area contributed by atoms with Gasteiger partial charge >= 0.3 is 6.01 Å². The second-order valence-corrected chi connectivity index (χ2v) is 7.34. The molecule has 0 saturated carbocycles. The van der Waals surface area contributed by atoms with Crippen LogP contribution in [0.3, 0.4) is 0 Å². The molecule has 4 heterocycles. The van der Waals surface area contributed by atoms with Crippen LogP contribution in [-0.2, 0) is 6.42 Å². The minimum Gasteiger partial charge on any atom is -0.462 e. The standard InChI is InChI=1S/C20H26FN7O/c1-2-3-9-29-20-25-17(22)19-24-13-15(28(19)26-20)10-14-11-16(21)18(23-12-14)27-7-5-4-6-8-27/h11-13H,2-10H2,1H3,(H2,22,25,26). The van der Waals surface area contributed by atoms with Crippen molar-refractivity contribution in [2.45, 2.75) is 45.4 Å². The third-order valence-electron chi connectivity index (χ3n) is 5.09.